The van der Waals surface area contributed by atoms with Crippen molar-refractivity contribution in [2.45, 2.75) is 104 Å². The third-order valence-corrected chi connectivity index (χ3v) is 6.84. The molecule has 1 atom stereocenters. The number of nitrogens with one attached hydrogen (secondary N) is 1. The minimum atomic E-state index is -3.63. The highest BCUT2D eigenvalue weighted by Crippen LogP contribution is 2.48. The molecule has 0 aromatic heterocycles. The molecule has 1 aliphatic carbocycles. The lowest BCUT2D eigenvalue weighted by molar-refractivity contribution is -0.151. The molecule has 1 fully saturated rings. The number of ketones is 1. The van der Waals surface area contributed by atoms with Gasteiger partial charge >= 0.3 is 19.7 Å². The van der Waals surface area contributed by atoms with Crippen molar-refractivity contribution in [3.63, 3.8) is 0 Å². The van der Waals surface area contributed by atoms with E-state index < -0.39 is 42.6 Å². The summed E-state index contributed by atoms with van der Waals surface area (Å²) in [6.07, 6.45) is 2.02. The standard InChI is InChI=1S/C22H40NO8P/c1-8-28-32(27,16-18(25)30-20(2,3)4)29-15-9-12-21(5,6)31-19(26)23-22(7)13-10-17(24)11-14-22/h8-16H2,1-7H3,(H,23,26). The average Bonchev–Trinajstić information content (AvgIpc) is 2.59. The summed E-state index contributed by atoms with van der Waals surface area (Å²) in [6, 6.07) is 0. The summed E-state index contributed by atoms with van der Waals surface area (Å²) in [5.74, 6) is -0.429. The molecule has 1 rings (SSSR count). The van der Waals surface area contributed by atoms with Crippen molar-refractivity contribution >= 4 is 25.4 Å². The number of rotatable bonds is 11. The van der Waals surface area contributed by atoms with Gasteiger partial charge in [0.25, 0.3) is 0 Å². The van der Waals surface area contributed by atoms with Crippen LogP contribution in [0.15, 0.2) is 0 Å². The lowest BCUT2D eigenvalue weighted by Crippen LogP contribution is -2.50. The van der Waals surface area contributed by atoms with Crippen LogP contribution in [0.2, 0.25) is 0 Å². The molecule has 0 aliphatic heterocycles. The van der Waals surface area contributed by atoms with Gasteiger partial charge in [0, 0.05) is 18.4 Å². The van der Waals surface area contributed by atoms with E-state index in [-0.39, 0.29) is 19.0 Å². The summed E-state index contributed by atoms with van der Waals surface area (Å²) in [5.41, 5.74) is -1.93. The Morgan fingerprint density at radius 1 is 1.06 bits per heavy atom. The molecule has 186 valence electrons. The second kappa shape index (κ2) is 11.6. The van der Waals surface area contributed by atoms with Crippen LogP contribution in [0.25, 0.3) is 0 Å². The van der Waals surface area contributed by atoms with Crippen LogP contribution >= 0.6 is 7.60 Å². The molecule has 0 heterocycles. The van der Waals surface area contributed by atoms with Crippen LogP contribution in [-0.4, -0.2) is 54.0 Å². The third kappa shape index (κ3) is 11.4. The fraction of sp³-hybridized carbons (Fsp3) is 0.864. The normalized spacial score (nSPS) is 18.5. The first-order valence-corrected chi connectivity index (χ1v) is 12.9. The molecule has 1 N–H and O–H groups in total. The molecule has 1 unspecified atom stereocenters. The van der Waals surface area contributed by atoms with Gasteiger partial charge in [0.15, 0.2) is 0 Å². The van der Waals surface area contributed by atoms with E-state index in [1.54, 1.807) is 41.5 Å². The molecule has 0 aromatic carbocycles. The second-order valence-electron chi connectivity index (χ2n) is 10.1. The topological polar surface area (TPSA) is 117 Å². The van der Waals surface area contributed by atoms with Crippen LogP contribution in [0.3, 0.4) is 0 Å². The largest absolute Gasteiger partial charge is 0.459 e. The molecular weight excluding hydrogens is 437 g/mol. The molecule has 1 saturated carbocycles. The van der Waals surface area contributed by atoms with Crippen LogP contribution in [0.1, 0.15) is 87.0 Å². The van der Waals surface area contributed by atoms with E-state index in [1.165, 1.54) is 0 Å². The number of Topliss-reactive ketones (excluding diaryl/α,β-unsaturated/α-hetero) is 1. The van der Waals surface area contributed by atoms with Gasteiger partial charge < -0.3 is 23.8 Å². The molecule has 0 radical (unpaired) electrons. The minimum Gasteiger partial charge on any atom is -0.459 e. The highest BCUT2D eigenvalue weighted by molar-refractivity contribution is 7.54. The van der Waals surface area contributed by atoms with Gasteiger partial charge in [-0.2, -0.15) is 0 Å². The Hall–Kier alpha value is -1.44. The molecule has 10 heteroatoms. The van der Waals surface area contributed by atoms with Crippen LogP contribution in [-0.2, 0) is 32.7 Å². The number of carbonyl (C=O) groups is 3. The van der Waals surface area contributed by atoms with Gasteiger partial charge in [0.1, 0.15) is 23.1 Å². The molecular formula is C22H40NO8P. The van der Waals surface area contributed by atoms with Gasteiger partial charge in [-0.25, -0.2) is 4.79 Å². The van der Waals surface area contributed by atoms with Gasteiger partial charge in [-0.3, -0.25) is 14.2 Å². The number of carbonyl (C=O) groups excluding carboxylic acids is 3. The number of amides is 1. The number of hydrogen-bond donors (Lipinski definition) is 1. The SMILES string of the molecule is CCOP(=O)(CC(=O)OC(C)(C)C)OCCCC(C)(C)OC(=O)NC1(C)CCC(=O)CC1. The van der Waals surface area contributed by atoms with Crippen molar-refractivity contribution in [1.82, 2.24) is 5.32 Å². The summed E-state index contributed by atoms with van der Waals surface area (Å²) in [6.45, 7) is 12.5. The van der Waals surface area contributed by atoms with E-state index in [1.807, 2.05) is 6.92 Å². The van der Waals surface area contributed by atoms with E-state index >= 15 is 0 Å². The predicted octanol–water partition coefficient (Wildman–Crippen LogP) is 4.76. The summed E-state index contributed by atoms with van der Waals surface area (Å²) in [5, 5.41) is 2.88. The Labute approximate surface area is 191 Å². The van der Waals surface area contributed by atoms with E-state index in [2.05, 4.69) is 5.32 Å². The van der Waals surface area contributed by atoms with Crippen LogP contribution in [0, 0.1) is 0 Å². The Kier molecular flexibility index (Phi) is 10.4. The zero-order valence-corrected chi connectivity index (χ0v) is 21.5. The zero-order valence-electron chi connectivity index (χ0n) is 20.6. The Bertz CT molecular complexity index is 703. The summed E-state index contributed by atoms with van der Waals surface area (Å²) in [7, 11) is -3.63. The van der Waals surface area contributed by atoms with Crippen molar-refractivity contribution in [3.05, 3.63) is 0 Å². The van der Waals surface area contributed by atoms with Crippen molar-refractivity contribution in [1.29, 1.82) is 0 Å². The maximum Gasteiger partial charge on any atom is 0.408 e. The third-order valence-electron chi connectivity index (χ3n) is 4.96. The zero-order chi connectivity index (χ0) is 24.6. The van der Waals surface area contributed by atoms with Crippen molar-refractivity contribution in [2.24, 2.45) is 0 Å². The lowest BCUT2D eigenvalue weighted by atomic mass is 9.83. The summed E-state index contributed by atoms with van der Waals surface area (Å²) < 4.78 is 34.3. The maximum absolute atomic E-state index is 12.8. The Morgan fingerprint density at radius 2 is 1.66 bits per heavy atom. The maximum atomic E-state index is 12.8. The molecule has 32 heavy (non-hydrogen) atoms. The van der Waals surface area contributed by atoms with Gasteiger partial charge in [-0.05, 0) is 74.1 Å². The van der Waals surface area contributed by atoms with Gasteiger partial charge in [-0.15, -0.1) is 0 Å². The minimum absolute atomic E-state index is 0.0777. The van der Waals surface area contributed by atoms with E-state index in [0.29, 0.717) is 38.5 Å². The quantitative estimate of drug-likeness (QED) is 0.257. The number of esters is 1. The van der Waals surface area contributed by atoms with Gasteiger partial charge in [0.2, 0.25) is 0 Å². The molecule has 0 aromatic rings. The lowest BCUT2D eigenvalue weighted by Gasteiger charge is -2.35. The van der Waals surface area contributed by atoms with Crippen molar-refractivity contribution < 1.29 is 37.5 Å². The first kappa shape index (κ1) is 28.6. The highest BCUT2D eigenvalue weighted by Gasteiger charge is 2.34. The monoisotopic (exact) mass is 477 g/mol. The molecule has 0 spiro atoms. The first-order valence-electron chi connectivity index (χ1n) is 11.2. The fourth-order valence-corrected chi connectivity index (χ4v) is 4.78. The van der Waals surface area contributed by atoms with E-state index in [9.17, 15) is 18.9 Å². The molecule has 9 nitrogen and oxygen atoms in total. The Balaban J connectivity index is 2.48. The first-order chi connectivity index (χ1) is 14.6. The van der Waals surface area contributed by atoms with Crippen molar-refractivity contribution in [2.75, 3.05) is 19.4 Å². The van der Waals surface area contributed by atoms with Crippen molar-refractivity contribution in [3.8, 4) is 0 Å². The second-order valence-corrected chi connectivity index (χ2v) is 12.1. The Morgan fingerprint density at radius 3 is 2.19 bits per heavy atom. The smallest absolute Gasteiger partial charge is 0.408 e. The summed E-state index contributed by atoms with van der Waals surface area (Å²) in [4.78, 5) is 35.8. The molecule has 1 aliphatic rings. The summed E-state index contributed by atoms with van der Waals surface area (Å²) >= 11 is 0. The highest BCUT2D eigenvalue weighted by atomic mass is 31.2. The van der Waals surface area contributed by atoms with Crippen LogP contribution in [0.4, 0.5) is 4.79 Å². The number of ether oxygens (including phenoxy) is 2. The molecule has 0 saturated heterocycles. The molecule has 1 amide bonds. The number of hydrogen-bond acceptors (Lipinski definition) is 8. The van der Waals surface area contributed by atoms with E-state index in [4.69, 9.17) is 18.5 Å². The van der Waals surface area contributed by atoms with Gasteiger partial charge in [-0.1, -0.05) is 0 Å². The van der Waals surface area contributed by atoms with Crippen LogP contribution in [0.5, 0.6) is 0 Å². The van der Waals surface area contributed by atoms with E-state index in [0.717, 1.165) is 0 Å². The molecule has 0 bridgehead atoms. The average molecular weight is 478 g/mol. The van der Waals surface area contributed by atoms with Crippen LogP contribution < -0.4 is 5.32 Å². The fourth-order valence-electron chi connectivity index (χ4n) is 3.34. The van der Waals surface area contributed by atoms with Gasteiger partial charge in [0.05, 0.1) is 13.2 Å². The predicted molar refractivity (Wildman–Crippen MR) is 121 cm³/mol. The number of alkyl carbamates (subject to hydrolysis) is 1.